The Hall–Kier alpha value is -4.82. The van der Waals surface area contributed by atoms with E-state index in [2.05, 4.69) is 39.7 Å². The van der Waals surface area contributed by atoms with Crippen molar-refractivity contribution in [2.75, 3.05) is 12.0 Å². The minimum Gasteiger partial charge on any atom is -0.506 e. The fourth-order valence-electron chi connectivity index (χ4n) is 5.51. The van der Waals surface area contributed by atoms with Crippen LogP contribution in [0.3, 0.4) is 0 Å². The lowest BCUT2D eigenvalue weighted by Crippen LogP contribution is -2.29. The van der Waals surface area contributed by atoms with Crippen molar-refractivity contribution in [1.29, 1.82) is 0 Å². The van der Waals surface area contributed by atoms with Crippen molar-refractivity contribution in [1.82, 2.24) is 14.9 Å². The number of thiocarbonyl (C=S) groups is 1. The highest BCUT2D eigenvalue weighted by molar-refractivity contribution is 7.80. The van der Waals surface area contributed by atoms with Crippen molar-refractivity contribution in [2.45, 2.75) is 25.9 Å². The van der Waals surface area contributed by atoms with E-state index in [4.69, 9.17) is 21.7 Å². The first-order valence-corrected chi connectivity index (χ1v) is 13.8. The Morgan fingerprint density at radius 2 is 1.51 bits per heavy atom. The first-order chi connectivity index (χ1) is 19.9. The van der Waals surface area contributed by atoms with Gasteiger partial charge in [0.15, 0.2) is 5.11 Å². The third-order valence-corrected chi connectivity index (χ3v) is 7.73. The van der Waals surface area contributed by atoms with E-state index in [0.29, 0.717) is 10.9 Å². The molecule has 0 radical (unpaired) electrons. The molecule has 7 nitrogen and oxygen atoms in total. The SMILES string of the molecule is COc1ccc(Oc2ccc(N3C(=S)N[C@H](c4ccccn4)[C@H]3c3cc(C)n(-c4ccccc4O)c3C)cc2)cc1. The van der Waals surface area contributed by atoms with Gasteiger partial charge in [-0.2, -0.15) is 0 Å². The van der Waals surface area contributed by atoms with Crippen LogP contribution in [0.2, 0.25) is 0 Å². The van der Waals surface area contributed by atoms with Gasteiger partial charge in [-0.25, -0.2) is 0 Å². The van der Waals surface area contributed by atoms with Crippen LogP contribution in [0.5, 0.6) is 23.0 Å². The number of ether oxygens (including phenoxy) is 2. The number of hydrogen-bond donors (Lipinski definition) is 2. The molecule has 2 atom stereocenters. The van der Waals surface area contributed by atoms with Crippen LogP contribution in [0.4, 0.5) is 5.69 Å². The molecular formula is C33H30N4O3S. The van der Waals surface area contributed by atoms with Crippen LogP contribution in [0.1, 0.15) is 34.7 Å². The number of nitrogens with one attached hydrogen (secondary N) is 1. The number of para-hydroxylation sites is 2. The summed E-state index contributed by atoms with van der Waals surface area (Å²) in [5.41, 5.74) is 5.69. The van der Waals surface area contributed by atoms with Gasteiger partial charge in [0.1, 0.15) is 23.0 Å². The molecule has 0 unspecified atom stereocenters. The van der Waals surface area contributed by atoms with Gasteiger partial charge in [-0.1, -0.05) is 18.2 Å². The molecule has 0 saturated carbocycles. The van der Waals surface area contributed by atoms with Gasteiger partial charge in [-0.15, -0.1) is 0 Å². The molecule has 0 bridgehead atoms. The largest absolute Gasteiger partial charge is 0.506 e. The second kappa shape index (κ2) is 11.0. The number of phenols is 1. The van der Waals surface area contributed by atoms with Crippen molar-refractivity contribution in [3.05, 3.63) is 126 Å². The molecule has 1 saturated heterocycles. The Morgan fingerprint density at radius 1 is 0.854 bits per heavy atom. The smallest absolute Gasteiger partial charge is 0.174 e. The van der Waals surface area contributed by atoms with E-state index < -0.39 is 0 Å². The number of rotatable bonds is 7. The number of benzene rings is 3. The van der Waals surface area contributed by atoms with E-state index in [-0.39, 0.29) is 17.8 Å². The molecule has 2 N–H and O–H groups in total. The molecule has 206 valence electrons. The van der Waals surface area contributed by atoms with Gasteiger partial charge in [0.2, 0.25) is 0 Å². The first-order valence-electron chi connectivity index (χ1n) is 13.3. The van der Waals surface area contributed by atoms with Crippen LogP contribution in [0, 0.1) is 13.8 Å². The Balaban J connectivity index is 1.39. The molecule has 0 aliphatic carbocycles. The van der Waals surface area contributed by atoms with E-state index in [9.17, 15) is 5.11 Å². The first kappa shape index (κ1) is 26.4. The molecule has 0 amide bonds. The third-order valence-electron chi connectivity index (χ3n) is 7.42. The minimum absolute atomic E-state index is 0.183. The highest BCUT2D eigenvalue weighted by Crippen LogP contribution is 2.44. The van der Waals surface area contributed by atoms with Gasteiger partial charge in [-0.3, -0.25) is 4.98 Å². The molecule has 1 fully saturated rings. The number of anilines is 1. The molecule has 0 spiro atoms. The number of nitrogens with zero attached hydrogens (tertiary/aromatic N) is 3. The summed E-state index contributed by atoms with van der Waals surface area (Å²) in [5, 5.41) is 14.8. The molecule has 1 aliphatic rings. The summed E-state index contributed by atoms with van der Waals surface area (Å²) in [6.07, 6.45) is 1.80. The molecule has 6 rings (SSSR count). The quantitative estimate of drug-likeness (QED) is 0.204. The van der Waals surface area contributed by atoms with Crippen molar-refractivity contribution < 1.29 is 14.6 Å². The lowest BCUT2D eigenvalue weighted by Gasteiger charge is -2.28. The lowest BCUT2D eigenvalue weighted by atomic mass is 9.96. The van der Waals surface area contributed by atoms with Crippen molar-refractivity contribution in [3.8, 4) is 28.7 Å². The molecule has 41 heavy (non-hydrogen) atoms. The Morgan fingerprint density at radius 3 is 2.17 bits per heavy atom. The van der Waals surface area contributed by atoms with E-state index in [0.717, 1.165) is 45.5 Å². The normalized spacial score (nSPS) is 16.5. The zero-order chi connectivity index (χ0) is 28.5. The molecule has 8 heteroatoms. The van der Waals surface area contributed by atoms with Crippen LogP contribution < -0.4 is 19.7 Å². The summed E-state index contributed by atoms with van der Waals surface area (Å²) in [6, 6.07) is 30.5. The third kappa shape index (κ3) is 4.98. The summed E-state index contributed by atoms with van der Waals surface area (Å²) >= 11 is 5.93. The Kier molecular flexibility index (Phi) is 7.07. The summed E-state index contributed by atoms with van der Waals surface area (Å²) in [7, 11) is 1.64. The highest BCUT2D eigenvalue weighted by atomic mass is 32.1. The van der Waals surface area contributed by atoms with Gasteiger partial charge in [0.05, 0.1) is 30.6 Å². The second-order valence-electron chi connectivity index (χ2n) is 9.92. The molecule has 2 aromatic heterocycles. The van der Waals surface area contributed by atoms with Crippen molar-refractivity contribution >= 4 is 23.0 Å². The summed E-state index contributed by atoms with van der Waals surface area (Å²) < 4.78 is 13.4. The van der Waals surface area contributed by atoms with Crippen LogP contribution >= 0.6 is 12.2 Å². The number of aryl methyl sites for hydroxylation is 1. The zero-order valence-corrected chi connectivity index (χ0v) is 23.8. The predicted octanol–water partition coefficient (Wildman–Crippen LogP) is 7.17. The maximum atomic E-state index is 10.7. The molecule has 3 heterocycles. The van der Waals surface area contributed by atoms with Gasteiger partial charge >= 0.3 is 0 Å². The van der Waals surface area contributed by atoms with Gasteiger partial charge in [0.25, 0.3) is 0 Å². The van der Waals surface area contributed by atoms with E-state index in [1.165, 1.54) is 0 Å². The second-order valence-corrected chi connectivity index (χ2v) is 10.3. The van der Waals surface area contributed by atoms with Crippen molar-refractivity contribution in [2.24, 2.45) is 0 Å². The number of aromatic hydroxyl groups is 1. The van der Waals surface area contributed by atoms with Crippen LogP contribution in [0.25, 0.3) is 5.69 Å². The number of methoxy groups -OCH3 is 1. The average Bonchev–Trinajstić information content (AvgIpc) is 3.49. The Labute approximate surface area is 244 Å². The van der Waals surface area contributed by atoms with E-state index in [1.807, 2.05) is 84.9 Å². The van der Waals surface area contributed by atoms with Gasteiger partial charge in [-0.05, 0) is 110 Å². The number of hydrogen-bond acceptors (Lipinski definition) is 5. The summed E-state index contributed by atoms with van der Waals surface area (Å²) in [4.78, 5) is 6.82. The highest BCUT2D eigenvalue weighted by Gasteiger charge is 2.42. The molecule has 3 aromatic carbocycles. The zero-order valence-electron chi connectivity index (χ0n) is 23.0. The lowest BCUT2D eigenvalue weighted by molar-refractivity contribution is 0.413. The van der Waals surface area contributed by atoms with E-state index in [1.54, 1.807) is 19.4 Å². The van der Waals surface area contributed by atoms with Gasteiger partial charge < -0.3 is 29.4 Å². The predicted molar refractivity (Wildman–Crippen MR) is 164 cm³/mol. The number of pyridine rings is 1. The number of aromatic nitrogens is 2. The maximum absolute atomic E-state index is 10.7. The number of phenolic OH excluding ortho intramolecular Hbond substituents is 1. The summed E-state index contributed by atoms with van der Waals surface area (Å²) in [6.45, 7) is 4.13. The standard InChI is InChI=1S/C33H30N4O3S/c1-21-20-27(22(2)36(21)29-9-4-5-10-30(29)38)32-31(28-8-6-7-19-34-28)35-33(41)37(32)23-11-13-25(14-12-23)40-26-17-15-24(39-3)16-18-26/h4-20,31-32,38H,1-3H3,(H,35,41)/t31-,32-/m1/s1. The van der Waals surface area contributed by atoms with Crippen molar-refractivity contribution in [3.63, 3.8) is 0 Å². The average molecular weight is 563 g/mol. The topological polar surface area (TPSA) is 71.8 Å². The fourth-order valence-corrected chi connectivity index (χ4v) is 5.86. The van der Waals surface area contributed by atoms with Crippen LogP contribution in [-0.4, -0.2) is 26.9 Å². The molecular weight excluding hydrogens is 532 g/mol. The molecule has 1 aliphatic heterocycles. The monoisotopic (exact) mass is 562 g/mol. The fraction of sp³-hybridized carbons (Fsp3) is 0.152. The van der Waals surface area contributed by atoms with Crippen LogP contribution in [-0.2, 0) is 0 Å². The van der Waals surface area contributed by atoms with Crippen LogP contribution in [0.15, 0.2) is 103 Å². The minimum atomic E-state index is -0.184. The van der Waals surface area contributed by atoms with E-state index >= 15 is 0 Å². The Bertz CT molecular complexity index is 1680. The van der Waals surface area contributed by atoms with Gasteiger partial charge in [0, 0.05) is 23.3 Å². The summed E-state index contributed by atoms with van der Waals surface area (Å²) in [5.74, 6) is 2.44. The molecule has 5 aromatic rings. The maximum Gasteiger partial charge on any atom is 0.174 e.